The van der Waals surface area contributed by atoms with Crippen molar-refractivity contribution in [3.63, 3.8) is 0 Å². The first-order chi connectivity index (χ1) is 27.2. The molecule has 270 valence electrons. The van der Waals surface area contributed by atoms with Crippen LogP contribution in [0.25, 0.3) is 61.1 Å². The zero-order chi connectivity index (χ0) is 36.7. The van der Waals surface area contributed by atoms with Crippen LogP contribution in [0.2, 0.25) is 0 Å². The number of furan rings is 2. The predicted octanol–water partition coefficient (Wildman–Crippen LogP) is 11.2. The third-order valence-corrected chi connectivity index (χ3v) is 10.1. The molecule has 8 nitrogen and oxygen atoms in total. The molecule has 0 bridgehead atoms. The van der Waals surface area contributed by atoms with Crippen molar-refractivity contribution in [3.05, 3.63) is 157 Å². The van der Waals surface area contributed by atoms with Gasteiger partial charge in [0, 0.05) is 45.8 Å². The molecular weight excluding hydrogens is 689 g/mol. The molecule has 0 atom stereocenters. The molecule has 0 unspecified atom stereocenters. The Morgan fingerprint density at radius 1 is 0.618 bits per heavy atom. The predicted molar refractivity (Wildman–Crippen MR) is 216 cm³/mol. The quantitative estimate of drug-likeness (QED) is 0.123. The van der Waals surface area contributed by atoms with Crippen LogP contribution in [0.3, 0.4) is 0 Å². The number of aromatic nitrogens is 1. The Bertz CT molecular complexity index is 2900. The van der Waals surface area contributed by atoms with Crippen molar-refractivity contribution in [2.75, 3.05) is 24.7 Å². The zero-order valence-corrected chi connectivity index (χ0v) is 30.2. The highest BCUT2D eigenvalue weighted by molar-refractivity contribution is 6.09. The first kappa shape index (κ1) is 32.7. The van der Waals surface area contributed by atoms with E-state index < -0.39 is 0 Å². The highest BCUT2D eigenvalue weighted by Gasteiger charge is 2.29. The van der Waals surface area contributed by atoms with E-state index in [9.17, 15) is 0 Å². The lowest BCUT2D eigenvalue weighted by Gasteiger charge is -2.19. The zero-order valence-electron chi connectivity index (χ0n) is 30.2. The van der Waals surface area contributed by atoms with Gasteiger partial charge < -0.3 is 32.4 Å². The van der Waals surface area contributed by atoms with Crippen molar-refractivity contribution in [2.45, 2.75) is 19.9 Å². The lowest BCUT2D eigenvalue weighted by Crippen LogP contribution is -2.38. The van der Waals surface area contributed by atoms with E-state index >= 15 is 0 Å². The average molecular weight is 726 g/mol. The summed E-state index contributed by atoms with van der Waals surface area (Å²) in [5.74, 6) is 3.79. The van der Waals surface area contributed by atoms with Gasteiger partial charge in [0.15, 0.2) is 12.3 Å². The Balaban J connectivity index is 1.04. The number of benzene rings is 6. The summed E-state index contributed by atoms with van der Waals surface area (Å²) in [5, 5.41) is 4.22. The van der Waals surface area contributed by atoms with Gasteiger partial charge in [-0.2, -0.15) is 4.57 Å². The van der Waals surface area contributed by atoms with Crippen LogP contribution in [0, 0.1) is 0 Å². The number of oxazole rings is 1. The molecule has 1 aliphatic rings. The van der Waals surface area contributed by atoms with Crippen molar-refractivity contribution in [3.8, 4) is 17.2 Å². The Kier molecular flexibility index (Phi) is 8.21. The fourth-order valence-electron chi connectivity index (χ4n) is 7.42. The molecule has 10 rings (SSSR count). The van der Waals surface area contributed by atoms with Crippen LogP contribution in [0.5, 0.6) is 17.2 Å². The van der Waals surface area contributed by atoms with Crippen LogP contribution in [0.4, 0.5) is 5.69 Å². The first-order valence-corrected chi connectivity index (χ1v) is 18.6. The third-order valence-electron chi connectivity index (χ3n) is 10.1. The van der Waals surface area contributed by atoms with Crippen LogP contribution in [-0.2, 0) is 6.54 Å². The van der Waals surface area contributed by atoms with E-state index in [2.05, 4.69) is 52.8 Å². The molecule has 1 aliphatic heterocycles. The molecular formula is C47H37N2O6+. The lowest BCUT2D eigenvalue weighted by atomic mass is 10.1. The number of hydrogen-bond donors (Lipinski definition) is 0. The molecule has 0 N–H and O–H groups in total. The maximum Gasteiger partial charge on any atom is 0.374 e. The summed E-state index contributed by atoms with van der Waals surface area (Å²) in [5.41, 5.74) is 6.95. The van der Waals surface area contributed by atoms with Crippen LogP contribution in [0.1, 0.15) is 19.2 Å². The van der Waals surface area contributed by atoms with Crippen LogP contribution < -0.4 is 23.7 Å². The minimum absolute atomic E-state index is 0.459. The van der Waals surface area contributed by atoms with Crippen molar-refractivity contribution in [2.24, 2.45) is 0 Å². The third kappa shape index (κ3) is 6.11. The molecule has 0 radical (unpaired) electrons. The maximum absolute atomic E-state index is 6.64. The summed E-state index contributed by atoms with van der Waals surface area (Å²) in [6.45, 7) is 4.19. The largest absolute Gasteiger partial charge is 0.492 e. The van der Waals surface area contributed by atoms with E-state index in [4.69, 9.17) is 27.5 Å². The minimum atomic E-state index is 0.459. The molecule has 6 aromatic carbocycles. The molecule has 0 saturated carbocycles. The first-order valence-electron chi connectivity index (χ1n) is 18.6. The molecule has 0 amide bonds. The number of hydrogen-bond acceptors (Lipinski definition) is 7. The number of ether oxygens (including phenoxy) is 3. The van der Waals surface area contributed by atoms with Gasteiger partial charge in [0.1, 0.15) is 47.0 Å². The second kappa shape index (κ2) is 13.8. The number of nitrogens with zero attached hydrogens (tertiary/aromatic N) is 2. The second-order valence-corrected chi connectivity index (χ2v) is 13.6. The Hall–Kier alpha value is -6.93. The Morgan fingerprint density at radius 2 is 1.24 bits per heavy atom. The maximum atomic E-state index is 6.64. The molecule has 4 heterocycles. The molecule has 0 aliphatic carbocycles. The van der Waals surface area contributed by atoms with Crippen molar-refractivity contribution >= 4 is 66.7 Å². The SMILES string of the molecule is CCC(/C=C1\Oc2cc3oc4ccccc4c3cc2N1CCOc1ccccc1)=C\c1oc2cc3oc4ccccc4c3cc2[n+]1CCOc1ccccc1. The average Bonchev–Trinajstić information content (AvgIpc) is 3.96. The summed E-state index contributed by atoms with van der Waals surface area (Å²) in [6, 6.07) is 44.3. The van der Waals surface area contributed by atoms with Crippen molar-refractivity contribution < 1.29 is 32.0 Å². The molecule has 8 heteroatoms. The van der Waals surface area contributed by atoms with E-state index in [1.165, 1.54) is 0 Å². The number of anilines is 1. The highest BCUT2D eigenvalue weighted by atomic mass is 16.5. The number of rotatable bonds is 11. The molecule has 3 aromatic heterocycles. The van der Waals surface area contributed by atoms with Gasteiger partial charge in [0.2, 0.25) is 11.5 Å². The van der Waals surface area contributed by atoms with Gasteiger partial charge in [-0.1, -0.05) is 79.7 Å². The minimum Gasteiger partial charge on any atom is -0.492 e. The standard InChI is InChI=1S/C47H37N2O6/c1-2-31(25-46-48(21-23-50-32-13-5-3-6-14-32)38-27-36-34-17-9-11-19-40(34)52-42(36)29-44(38)54-46)26-47-49(22-24-51-33-15-7-4-8-16-33)39-28-37-35-18-10-12-20-41(35)53-43(37)30-45(39)55-47/h3-20,25-30H,2,21-24H2,1H3/q+1. The number of allylic oxidation sites excluding steroid dienone is 2. The monoisotopic (exact) mass is 725 g/mol. The van der Waals surface area contributed by atoms with E-state index in [1.54, 1.807) is 0 Å². The molecule has 0 spiro atoms. The van der Waals surface area contributed by atoms with E-state index in [0.29, 0.717) is 38.1 Å². The van der Waals surface area contributed by atoms with Gasteiger partial charge in [0.05, 0.1) is 18.3 Å². The van der Waals surface area contributed by atoms with E-state index in [-0.39, 0.29) is 0 Å². The van der Waals surface area contributed by atoms with E-state index in [1.807, 2.05) is 109 Å². The van der Waals surface area contributed by atoms with Gasteiger partial charge in [0.25, 0.3) is 5.52 Å². The fourth-order valence-corrected chi connectivity index (χ4v) is 7.42. The number of fused-ring (bicyclic) bond motifs is 8. The Labute approximate surface area is 316 Å². The Morgan fingerprint density at radius 3 is 1.93 bits per heavy atom. The molecule has 0 saturated heterocycles. The summed E-state index contributed by atoms with van der Waals surface area (Å²) in [6.07, 6.45) is 4.93. The van der Waals surface area contributed by atoms with Gasteiger partial charge >= 0.3 is 5.89 Å². The van der Waals surface area contributed by atoms with Crippen molar-refractivity contribution in [1.29, 1.82) is 0 Å². The van der Waals surface area contributed by atoms with Gasteiger partial charge in [-0.15, -0.1) is 0 Å². The van der Waals surface area contributed by atoms with Crippen LogP contribution in [0.15, 0.2) is 164 Å². The molecule has 9 aromatic rings. The highest BCUT2D eigenvalue weighted by Crippen LogP contribution is 2.44. The van der Waals surface area contributed by atoms with Gasteiger partial charge in [-0.3, -0.25) is 0 Å². The smallest absolute Gasteiger partial charge is 0.374 e. The normalized spacial score (nSPS) is 13.8. The van der Waals surface area contributed by atoms with Crippen LogP contribution >= 0.6 is 0 Å². The molecule has 55 heavy (non-hydrogen) atoms. The molecule has 0 fully saturated rings. The van der Waals surface area contributed by atoms with Gasteiger partial charge in [-0.25, -0.2) is 0 Å². The second-order valence-electron chi connectivity index (χ2n) is 13.6. The van der Waals surface area contributed by atoms with Crippen LogP contribution in [-0.4, -0.2) is 19.8 Å². The summed E-state index contributed by atoms with van der Waals surface area (Å²) < 4.78 is 40.3. The van der Waals surface area contributed by atoms with Gasteiger partial charge in [-0.05, 0) is 54.5 Å². The van der Waals surface area contributed by atoms with Crippen molar-refractivity contribution in [1.82, 2.24) is 0 Å². The topological polar surface area (TPSA) is 74.2 Å². The number of para-hydroxylation sites is 4. The summed E-state index contributed by atoms with van der Waals surface area (Å²) >= 11 is 0. The summed E-state index contributed by atoms with van der Waals surface area (Å²) in [4.78, 5) is 2.18. The fraction of sp³-hybridized carbons (Fsp3) is 0.128. The summed E-state index contributed by atoms with van der Waals surface area (Å²) in [7, 11) is 0. The van der Waals surface area contributed by atoms with E-state index in [0.717, 1.165) is 89.9 Å². The lowest BCUT2D eigenvalue weighted by molar-refractivity contribution is -0.678.